The maximum absolute atomic E-state index is 6.51. The van der Waals surface area contributed by atoms with Crippen LogP contribution in [0.5, 0.6) is 0 Å². The molecular weight excluding hydrogens is 328 g/mol. The molecule has 0 aromatic heterocycles. The molecule has 3 rings (SSSR count). The number of hydrogen-bond donors (Lipinski definition) is 0. The summed E-state index contributed by atoms with van der Waals surface area (Å²) in [6, 6.07) is 6.42. The zero-order valence-corrected chi connectivity index (χ0v) is 17.5. The van der Waals surface area contributed by atoms with Crippen molar-refractivity contribution in [2.24, 2.45) is 11.3 Å². The normalized spacial score (nSPS) is 20.7. The Bertz CT molecular complexity index is 586. The summed E-state index contributed by atoms with van der Waals surface area (Å²) in [5.41, 5.74) is 3.93. The monoisotopic (exact) mass is 362 g/mol. The third-order valence-electron chi connectivity index (χ3n) is 5.92. The minimum Gasteiger partial charge on any atom is -0.378 e. The summed E-state index contributed by atoms with van der Waals surface area (Å²) < 4.78 is 0. The summed E-state index contributed by atoms with van der Waals surface area (Å²) in [5, 5.41) is 0.803. The van der Waals surface area contributed by atoms with Gasteiger partial charge in [0.05, 0.1) is 5.02 Å². The molecule has 1 aromatic rings. The van der Waals surface area contributed by atoms with Crippen LogP contribution in [0.2, 0.25) is 5.02 Å². The van der Waals surface area contributed by atoms with Crippen LogP contribution in [0.4, 0.5) is 5.69 Å². The van der Waals surface area contributed by atoms with Gasteiger partial charge < -0.3 is 9.80 Å². The van der Waals surface area contributed by atoms with Gasteiger partial charge in [-0.15, -0.1) is 0 Å². The SMILES string of the molecule is C=C(c1ccc(N2CCC3(CC2)CC3CCC)cc1Cl)N(C)C.CC. The molecule has 25 heavy (non-hydrogen) atoms. The zero-order chi connectivity index (χ0) is 18.6. The molecule has 140 valence electrons. The first-order valence-electron chi connectivity index (χ1n) is 9.88. The van der Waals surface area contributed by atoms with Gasteiger partial charge in [0.2, 0.25) is 0 Å². The number of halogens is 1. The topological polar surface area (TPSA) is 6.48 Å². The largest absolute Gasteiger partial charge is 0.378 e. The van der Waals surface area contributed by atoms with Crippen LogP contribution in [0.15, 0.2) is 24.8 Å². The maximum Gasteiger partial charge on any atom is 0.0519 e. The number of rotatable bonds is 5. The molecule has 1 unspecified atom stereocenters. The van der Waals surface area contributed by atoms with Crippen LogP contribution >= 0.6 is 11.6 Å². The highest BCUT2D eigenvalue weighted by Crippen LogP contribution is 2.61. The van der Waals surface area contributed by atoms with Crippen LogP contribution in [0.1, 0.15) is 58.4 Å². The lowest BCUT2D eigenvalue weighted by Crippen LogP contribution is -2.35. The Morgan fingerprint density at radius 2 is 1.92 bits per heavy atom. The average molecular weight is 363 g/mol. The first-order chi connectivity index (χ1) is 12.0. The fourth-order valence-electron chi connectivity index (χ4n) is 4.19. The Labute approximate surface area is 159 Å². The van der Waals surface area contributed by atoms with Crippen molar-refractivity contribution in [1.29, 1.82) is 0 Å². The molecule has 0 bridgehead atoms. The van der Waals surface area contributed by atoms with E-state index in [0.29, 0.717) is 5.41 Å². The molecule has 0 N–H and O–H groups in total. The number of hydrogen-bond acceptors (Lipinski definition) is 2. The standard InChI is InChI=1S/C20H29ClN2.C2H6/c1-5-6-16-14-20(16)9-11-23(12-10-20)17-7-8-18(19(21)13-17)15(2)22(3)4;1-2/h7-8,13,16H,2,5-6,9-12,14H2,1,3-4H3;1-2H3. The lowest BCUT2D eigenvalue weighted by Gasteiger charge is -2.35. The average Bonchev–Trinajstić information content (AvgIpc) is 3.28. The van der Waals surface area contributed by atoms with Gasteiger partial charge >= 0.3 is 0 Å². The molecule has 2 fully saturated rings. The van der Waals surface area contributed by atoms with Gasteiger partial charge in [0, 0.05) is 44.1 Å². The van der Waals surface area contributed by atoms with Crippen molar-refractivity contribution in [3.8, 4) is 0 Å². The second-order valence-electron chi connectivity index (χ2n) is 7.54. The predicted octanol–water partition coefficient (Wildman–Crippen LogP) is 6.31. The van der Waals surface area contributed by atoms with Crippen LogP contribution in [-0.4, -0.2) is 32.1 Å². The second-order valence-corrected chi connectivity index (χ2v) is 7.95. The minimum atomic E-state index is 0.690. The molecule has 1 saturated carbocycles. The molecule has 1 atom stereocenters. The molecule has 1 heterocycles. The smallest absolute Gasteiger partial charge is 0.0519 e. The van der Waals surface area contributed by atoms with Gasteiger partial charge in [-0.3, -0.25) is 0 Å². The lowest BCUT2D eigenvalue weighted by atomic mass is 9.89. The Hall–Kier alpha value is -1.15. The molecule has 2 nitrogen and oxygen atoms in total. The Morgan fingerprint density at radius 1 is 1.28 bits per heavy atom. The van der Waals surface area contributed by atoms with Crippen molar-refractivity contribution in [2.75, 3.05) is 32.1 Å². The van der Waals surface area contributed by atoms with Crippen molar-refractivity contribution < 1.29 is 0 Å². The van der Waals surface area contributed by atoms with Crippen molar-refractivity contribution in [3.05, 3.63) is 35.4 Å². The fourth-order valence-corrected chi connectivity index (χ4v) is 4.47. The first kappa shape index (κ1) is 20.2. The molecule has 1 aliphatic carbocycles. The highest BCUT2D eigenvalue weighted by atomic mass is 35.5. The van der Waals surface area contributed by atoms with E-state index in [2.05, 4.69) is 36.6 Å². The number of anilines is 1. The Morgan fingerprint density at radius 3 is 2.44 bits per heavy atom. The van der Waals surface area contributed by atoms with Gasteiger partial charge in [-0.1, -0.05) is 51.8 Å². The molecule has 3 heteroatoms. The van der Waals surface area contributed by atoms with Gasteiger partial charge in [-0.05, 0) is 48.8 Å². The lowest BCUT2D eigenvalue weighted by molar-refractivity contribution is 0.341. The number of benzene rings is 1. The Balaban J connectivity index is 0.00000109. The van der Waals surface area contributed by atoms with E-state index in [1.54, 1.807) is 0 Å². The van der Waals surface area contributed by atoms with Crippen molar-refractivity contribution in [3.63, 3.8) is 0 Å². The zero-order valence-electron chi connectivity index (χ0n) is 16.7. The van der Waals surface area contributed by atoms with E-state index in [9.17, 15) is 0 Å². The number of piperidine rings is 1. The summed E-state index contributed by atoms with van der Waals surface area (Å²) >= 11 is 6.51. The van der Waals surface area contributed by atoms with Gasteiger partial charge in [0.15, 0.2) is 0 Å². The molecule has 1 saturated heterocycles. The number of nitrogens with zero attached hydrogens (tertiary/aromatic N) is 2. The van der Waals surface area contributed by atoms with E-state index in [0.717, 1.165) is 22.2 Å². The summed E-state index contributed by atoms with van der Waals surface area (Å²) in [6.07, 6.45) is 6.93. The quantitative estimate of drug-likeness (QED) is 0.605. The van der Waals surface area contributed by atoms with E-state index in [1.165, 1.54) is 50.9 Å². The Kier molecular flexibility index (Phi) is 6.85. The molecule has 1 spiro atoms. The van der Waals surface area contributed by atoms with Crippen molar-refractivity contribution in [2.45, 2.75) is 52.9 Å². The van der Waals surface area contributed by atoms with Crippen LogP contribution in [-0.2, 0) is 0 Å². The van der Waals surface area contributed by atoms with Gasteiger partial charge in [-0.2, -0.15) is 0 Å². The summed E-state index contributed by atoms with van der Waals surface area (Å²) in [4.78, 5) is 4.51. The van der Waals surface area contributed by atoms with Crippen molar-refractivity contribution >= 4 is 23.0 Å². The van der Waals surface area contributed by atoms with Crippen molar-refractivity contribution in [1.82, 2.24) is 4.90 Å². The summed E-state index contributed by atoms with van der Waals surface area (Å²) in [5.74, 6) is 1.00. The van der Waals surface area contributed by atoms with E-state index < -0.39 is 0 Å². The van der Waals surface area contributed by atoms with Crippen LogP contribution in [0.25, 0.3) is 5.70 Å². The van der Waals surface area contributed by atoms with Crippen LogP contribution in [0.3, 0.4) is 0 Å². The molecule has 1 aromatic carbocycles. The molecule has 2 aliphatic rings. The second kappa shape index (κ2) is 8.49. The molecular formula is C22H35ClN2. The van der Waals surface area contributed by atoms with E-state index in [-0.39, 0.29) is 0 Å². The first-order valence-corrected chi connectivity index (χ1v) is 10.3. The maximum atomic E-state index is 6.51. The molecule has 1 aliphatic heterocycles. The van der Waals surface area contributed by atoms with Crippen LogP contribution < -0.4 is 4.90 Å². The van der Waals surface area contributed by atoms with E-state index in [4.69, 9.17) is 11.6 Å². The van der Waals surface area contributed by atoms with E-state index in [1.807, 2.05) is 32.8 Å². The third-order valence-corrected chi connectivity index (χ3v) is 6.24. The fraction of sp³-hybridized carbons (Fsp3) is 0.636. The minimum absolute atomic E-state index is 0.690. The van der Waals surface area contributed by atoms with Gasteiger partial charge in [0.25, 0.3) is 0 Å². The van der Waals surface area contributed by atoms with Gasteiger partial charge in [0.1, 0.15) is 0 Å². The molecule has 0 radical (unpaired) electrons. The summed E-state index contributed by atoms with van der Waals surface area (Å²) in [6.45, 7) is 12.8. The third kappa shape index (κ3) is 4.34. The molecule has 0 amide bonds. The summed E-state index contributed by atoms with van der Waals surface area (Å²) in [7, 11) is 4.00. The van der Waals surface area contributed by atoms with Crippen LogP contribution in [0, 0.1) is 11.3 Å². The highest BCUT2D eigenvalue weighted by molar-refractivity contribution is 6.32. The van der Waals surface area contributed by atoms with Gasteiger partial charge in [-0.25, -0.2) is 0 Å². The predicted molar refractivity (Wildman–Crippen MR) is 112 cm³/mol. The highest BCUT2D eigenvalue weighted by Gasteiger charge is 2.53. The van der Waals surface area contributed by atoms with E-state index >= 15 is 0 Å².